The fourth-order valence-electron chi connectivity index (χ4n) is 7.08. The van der Waals surface area contributed by atoms with Crippen LogP contribution in [0.25, 0.3) is 0 Å². The van der Waals surface area contributed by atoms with Gasteiger partial charge in [0.2, 0.25) is 5.95 Å². The lowest BCUT2D eigenvalue weighted by Gasteiger charge is -2.38. The summed E-state index contributed by atoms with van der Waals surface area (Å²) >= 11 is 0. The number of aliphatic imine (C=N–C) groups is 1. The average Bonchev–Trinajstić information content (AvgIpc) is 3.11. The maximum atomic E-state index is 12.7. The number of fused-ring (bicyclic) bond motifs is 1. The molecule has 3 unspecified atom stereocenters. The van der Waals surface area contributed by atoms with Gasteiger partial charge in [-0.3, -0.25) is 4.79 Å². The molecule has 1 amide bonds. The number of anilines is 1. The van der Waals surface area contributed by atoms with Gasteiger partial charge in [-0.2, -0.15) is 0 Å². The largest absolute Gasteiger partial charge is 0.487 e. The fraction of sp³-hybridized carbons (Fsp3) is 0.571. The van der Waals surface area contributed by atoms with Crippen LogP contribution in [0.4, 0.5) is 11.6 Å². The number of nitrogens with one attached hydrogen (secondary N) is 2. The molecular weight excluding hydrogens is 687 g/mol. The summed E-state index contributed by atoms with van der Waals surface area (Å²) in [4.78, 5) is 24.7. The van der Waals surface area contributed by atoms with Crippen LogP contribution >= 0.6 is 0 Å². The maximum Gasteiger partial charge on any atom is 0.264 e. The van der Waals surface area contributed by atoms with Crippen LogP contribution in [0.3, 0.4) is 0 Å². The number of hydrogen-bond acceptors (Lipinski definition) is 8. The van der Waals surface area contributed by atoms with Gasteiger partial charge in [0.1, 0.15) is 17.1 Å². The molecule has 0 aliphatic carbocycles. The predicted molar refractivity (Wildman–Crippen MR) is 214 cm³/mol. The Kier molecular flexibility index (Phi) is 15.3. The highest BCUT2D eigenvalue weighted by molar-refractivity contribution is 7.92. The van der Waals surface area contributed by atoms with Gasteiger partial charge in [-0.1, -0.05) is 72.6 Å². The van der Waals surface area contributed by atoms with Crippen molar-refractivity contribution >= 4 is 33.9 Å². The normalized spacial score (nSPS) is 16.9. The SMILES string of the molecule is Cc1c(C)c2c(c(C)c1OCC(=O)NC=Nc1ccc(S(=O)(=O)Nc3ncccn3)cc1)CCC(C)(CCCC(C)CCCC(C)CCCC(C)C)O2. The molecule has 1 aliphatic heterocycles. The highest BCUT2D eigenvalue weighted by Crippen LogP contribution is 2.45. The molecule has 290 valence electrons. The van der Waals surface area contributed by atoms with Gasteiger partial charge in [-0.25, -0.2) is 28.1 Å². The Hall–Kier alpha value is -3.99. The van der Waals surface area contributed by atoms with Gasteiger partial charge in [-0.05, 0) is 118 Å². The molecule has 2 N–H and O–H groups in total. The van der Waals surface area contributed by atoms with Gasteiger partial charge >= 0.3 is 0 Å². The molecule has 0 bridgehead atoms. The third kappa shape index (κ3) is 12.5. The van der Waals surface area contributed by atoms with E-state index in [0.29, 0.717) is 5.69 Å². The number of carbonyl (C=O) groups is 1. The van der Waals surface area contributed by atoms with Crippen molar-refractivity contribution in [3.8, 4) is 11.5 Å². The molecule has 2 aromatic carbocycles. The summed E-state index contributed by atoms with van der Waals surface area (Å²) in [5.41, 5.74) is 4.49. The molecule has 10 nitrogen and oxygen atoms in total. The third-order valence-electron chi connectivity index (χ3n) is 10.6. The van der Waals surface area contributed by atoms with Crippen LogP contribution in [0, 0.1) is 38.5 Å². The van der Waals surface area contributed by atoms with Crippen LogP contribution in [0.5, 0.6) is 11.5 Å². The topological polar surface area (TPSA) is 132 Å². The Morgan fingerprint density at radius 3 is 2.19 bits per heavy atom. The lowest BCUT2D eigenvalue weighted by Crippen LogP contribution is -2.37. The second kappa shape index (κ2) is 19.4. The lowest BCUT2D eigenvalue weighted by molar-refractivity contribution is -0.121. The lowest BCUT2D eigenvalue weighted by atomic mass is 9.83. The number of sulfonamides is 1. The molecule has 0 spiro atoms. The van der Waals surface area contributed by atoms with Crippen molar-refractivity contribution in [2.75, 3.05) is 11.3 Å². The predicted octanol–water partition coefficient (Wildman–Crippen LogP) is 9.58. The summed E-state index contributed by atoms with van der Waals surface area (Å²) in [6.07, 6.45) is 17.5. The van der Waals surface area contributed by atoms with Gasteiger partial charge in [-0.15, -0.1) is 0 Å². The second-order valence-electron chi connectivity index (χ2n) is 15.7. The van der Waals surface area contributed by atoms with Crippen molar-refractivity contribution in [3.05, 3.63) is 65.0 Å². The van der Waals surface area contributed by atoms with E-state index < -0.39 is 10.0 Å². The van der Waals surface area contributed by atoms with E-state index in [1.165, 1.54) is 94.4 Å². The minimum absolute atomic E-state index is 0.0175. The van der Waals surface area contributed by atoms with Crippen molar-refractivity contribution in [1.82, 2.24) is 15.3 Å². The van der Waals surface area contributed by atoms with Crippen LogP contribution < -0.4 is 19.5 Å². The summed E-state index contributed by atoms with van der Waals surface area (Å²) in [6, 6.07) is 7.50. The molecule has 0 saturated carbocycles. The highest BCUT2D eigenvalue weighted by atomic mass is 32.2. The summed E-state index contributed by atoms with van der Waals surface area (Å²) < 4.78 is 40.4. The van der Waals surface area contributed by atoms with Crippen molar-refractivity contribution < 1.29 is 22.7 Å². The number of rotatable bonds is 20. The second-order valence-corrected chi connectivity index (χ2v) is 17.4. The number of benzene rings is 2. The van der Waals surface area contributed by atoms with E-state index in [9.17, 15) is 13.2 Å². The van der Waals surface area contributed by atoms with Gasteiger partial charge in [0.25, 0.3) is 15.9 Å². The van der Waals surface area contributed by atoms with E-state index in [-0.39, 0.29) is 29.0 Å². The number of aromatic nitrogens is 2. The molecule has 0 radical (unpaired) electrons. The Balaban J connectivity index is 1.23. The van der Waals surface area contributed by atoms with Crippen molar-refractivity contribution in [3.63, 3.8) is 0 Å². The van der Waals surface area contributed by atoms with E-state index >= 15 is 0 Å². The van der Waals surface area contributed by atoms with Crippen molar-refractivity contribution in [1.29, 1.82) is 0 Å². The number of amides is 1. The highest BCUT2D eigenvalue weighted by Gasteiger charge is 2.34. The smallest absolute Gasteiger partial charge is 0.264 e. The number of hydrogen-bond donors (Lipinski definition) is 2. The zero-order valence-electron chi connectivity index (χ0n) is 33.1. The first kappa shape index (κ1) is 41.8. The molecule has 1 aromatic heterocycles. The Labute approximate surface area is 318 Å². The van der Waals surface area contributed by atoms with Gasteiger partial charge in [0.05, 0.1) is 16.9 Å². The van der Waals surface area contributed by atoms with Crippen LogP contribution in [0.1, 0.15) is 121 Å². The summed E-state index contributed by atoms with van der Waals surface area (Å²) in [5.74, 6) is 3.70. The number of carbonyl (C=O) groups excluding carboxylic acids is 1. The van der Waals surface area contributed by atoms with Gasteiger partial charge < -0.3 is 14.8 Å². The summed E-state index contributed by atoms with van der Waals surface area (Å²) in [7, 11) is -3.86. The average molecular weight is 748 g/mol. The maximum absolute atomic E-state index is 12.7. The number of ether oxygens (including phenoxy) is 2. The third-order valence-corrected chi connectivity index (χ3v) is 11.9. The van der Waals surface area contributed by atoms with Crippen LogP contribution in [0.15, 0.2) is 52.6 Å². The van der Waals surface area contributed by atoms with E-state index in [1.54, 1.807) is 6.07 Å². The number of nitrogens with zero attached hydrogens (tertiary/aromatic N) is 3. The van der Waals surface area contributed by atoms with E-state index in [0.717, 1.165) is 70.8 Å². The first-order valence-corrected chi connectivity index (χ1v) is 20.8. The minimum atomic E-state index is -3.86. The monoisotopic (exact) mass is 747 g/mol. The molecule has 53 heavy (non-hydrogen) atoms. The molecular formula is C42H61N5O5S. The Bertz CT molecular complexity index is 1780. The van der Waals surface area contributed by atoms with Gasteiger partial charge in [0, 0.05) is 18.0 Å². The quantitative estimate of drug-likeness (QED) is 0.0869. The molecule has 0 saturated heterocycles. The Morgan fingerprint density at radius 1 is 0.925 bits per heavy atom. The van der Waals surface area contributed by atoms with Crippen LogP contribution in [-0.4, -0.2) is 42.8 Å². The van der Waals surface area contributed by atoms with Crippen molar-refractivity contribution in [2.24, 2.45) is 22.7 Å². The van der Waals surface area contributed by atoms with E-state index in [1.807, 2.05) is 13.8 Å². The molecule has 1 aliphatic rings. The minimum Gasteiger partial charge on any atom is -0.487 e. The van der Waals surface area contributed by atoms with Crippen LogP contribution in [-0.2, 0) is 21.2 Å². The summed E-state index contributed by atoms with van der Waals surface area (Å²) in [6.45, 7) is 17.7. The molecule has 11 heteroatoms. The Morgan fingerprint density at radius 2 is 1.55 bits per heavy atom. The molecule has 3 aromatic rings. The molecule has 2 heterocycles. The van der Waals surface area contributed by atoms with E-state index in [4.69, 9.17) is 9.47 Å². The standard InChI is InChI=1S/C42H61N5O5S/c1-29(2)13-9-14-30(3)15-10-16-31(4)17-11-23-42(8)24-22-37-34(7)39(32(5)33(6)40(37)52-42)51-27-38(48)46-28-45-35-18-20-36(21-19-35)53(49,50)47-41-43-25-12-26-44-41/h12,18-21,25-26,28-31H,9-11,13-17,22-24,27H2,1-8H3,(H,43,44,47)(H,45,46,48). The van der Waals surface area contributed by atoms with Crippen molar-refractivity contribution in [2.45, 2.75) is 137 Å². The molecule has 3 atom stereocenters. The zero-order valence-corrected chi connectivity index (χ0v) is 33.9. The van der Waals surface area contributed by atoms with Crippen LogP contribution in [0.2, 0.25) is 0 Å². The summed E-state index contributed by atoms with van der Waals surface area (Å²) in [5, 5.41) is 2.63. The zero-order chi connectivity index (χ0) is 38.6. The fourth-order valence-corrected chi connectivity index (χ4v) is 8.04. The molecule has 4 rings (SSSR count). The molecule has 0 fully saturated rings. The first-order valence-electron chi connectivity index (χ1n) is 19.3. The van der Waals surface area contributed by atoms with Gasteiger partial charge in [0.15, 0.2) is 6.61 Å². The van der Waals surface area contributed by atoms with E-state index in [2.05, 4.69) is 66.5 Å². The first-order chi connectivity index (χ1) is 25.2.